The number of nitrogens with one attached hydrogen (secondary N) is 5. The van der Waals surface area contributed by atoms with Crippen LogP contribution in [0.5, 0.6) is 0 Å². The van der Waals surface area contributed by atoms with Gasteiger partial charge in [0.1, 0.15) is 0 Å². The van der Waals surface area contributed by atoms with E-state index in [-0.39, 0.29) is 52.0 Å². The first-order valence-corrected chi connectivity index (χ1v) is 26.1. The average molecular weight is 1250 g/mol. The van der Waals surface area contributed by atoms with Crippen LogP contribution in [-0.2, 0) is 50.2 Å². The molecule has 25 nitrogen and oxygen atoms in total. The van der Waals surface area contributed by atoms with Gasteiger partial charge in [-0.2, -0.15) is 12.2 Å². The molecule has 5 fully saturated rings. The molecule has 12 aliphatic rings. The van der Waals surface area contributed by atoms with Crippen LogP contribution >= 0.6 is 0 Å². The molecule has 10 aliphatic heterocycles. The Morgan fingerprint density at radius 3 is 0.740 bits per heavy atom. The van der Waals surface area contributed by atoms with Crippen molar-refractivity contribution in [1.82, 2.24) is 51.1 Å². The average Bonchev–Trinajstić information content (AvgIpc) is 4.25. The summed E-state index contributed by atoms with van der Waals surface area (Å²) in [5.74, 6) is -1.53. The van der Waals surface area contributed by atoms with E-state index in [1.165, 1.54) is 0 Å². The Bertz CT molecular complexity index is 1900. The van der Waals surface area contributed by atoms with Crippen molar-refractivity contribution in [1.29, 1.82) is 0 Å². The quantitative estimate of drug-likeness (QED) is 0.160. The Labute approximate surface area is 488 Å². The van der Waals surface area contributed by atoms with Gasteiger partial charge in [0, 0.05) is 98.2 Å². The van der Waals surface area contributed by atoms with Gasteiger partial charge in [0.15, 0.2) is 29.8 Å². The van der Waals surface area contributed by atoms with Crippen LogP contribution in [0.2, 0.25) is 0 Å². The molecule has 77 heavy (non-hydrogen) atoms. The van der Waals surface area contributed by atoms with Gasteiger partial charge in [-0.15, -0.1) is 12.8 Å². The summed E-state index contributed by atoms with van der Waals surface area (Å²) in [6.45, 7) is 12.7. The molecular weight excluding hydrogens is 1180 g/mol. The van der Waals surface area contributed by atoms with Gasteiger partial charge in [-0.05, 0) is 64.2 Å². The van der Waals surface area contributed by atoms with Gasteiger partial charge in [-0.25, -0.2) is 24.3 Å². The molecule has 5 unspecified atom stereocenters. The second kappa shape index (κ2) is 34.3. The van der Waals surface area contributed by atoms with Crippen LogP contribution in [-0.4, -0.2) is 238 Å². The van der Waals surface area contributed by atoms with Crippen molar-refractivity contribution < 1.29 is 75.7 Å². The van der Waals surface area contributed by atoms with Gasteiger partial charge >= 0.3 is 52.0 Å². The standard InChI is InChI=1S/5C8H13N3O2.2C5H5.In.Zr/c5*12-7(13)6-2-5-11-4-1-3-9-8(11)10-6;2*1-2-4-5-3-1;;/h5*6H,1-5H2,(H,9,10)(H,12,13);2*1-3H,4H2;;/q;;;;;2*-1;+3;+4/p-5. The Kier molecular flexibility index (Phi) is 28.5. The van der Waals surface area contributed by atoms with E-state index >= 15 is 0 Å². The number of carbonyl (C=O) groups excluding carboxylic acids is 5. The smallest absolute Gasteiger partial charge is 0.548 e. The topological polar surface area (TPSA) is 339 Å². The maximum absolute atomic E-state index is 10.6. The molecule has 5 atom stereocenters. The Morgan fingerprint density at radius 2 is 0.597 bits per heavy atom. The van der Waals surface area contributed by atoms with Crippen molar-refractivity contribution in [3.63, 3.8) is 0 Å². The third-order valence-corrected chi connectivity index (χ3v) is 13.3. The fourth-order valence-electron chi connectivity index (χ4n) is 9.16. The Hall–Kier alpha value is -5.59. The van der Waals surface area contributed by atoms with Crippen molar-refractivity contribution in [2.75, 3.05) is 98.2 Å². The van der Waals surface area contributed by atoms with E-state index in [4.69, 9.17) is 0 Å². The van der Waals surface area contributed by atoms with Gasteiger partial charge in [-0.1, -0.05) is 0 Å². The number of allylic oxidation sites excluding steroid dienone is 8. The number of aliphatic carboxylic acids is 5. The minimum atomic E-state index is -1.03. The number of carbonyl (C=O) groups is 5. The summed E-state index contributed by atoms with van der Waals surface area (Å²) in [5, 5.41) is 67.3. The van der Waals surface area contributed by atoms with E-state index in [9.17, 15) is 49.5 Å². The first-order valence-electron chi connectivity index (χ1n) is 26.1. The number of aliphatic imine (C=N–C) groups is 5. The van der Waals surface area contributed by atoms with Crippen LogP contribution in [0.4, 0.5) is 0 Å². The molecule has 0 aromatic rings. The molecule has 10 heterocycles. The summed E-state index contributed by atoms with van der Waals surface area (Å²) in [4.78, 5) is 84.5. The molecule has 0 amide bonds. The van der Waals surface area contributed by atoms with Gasteiger partial charge in [0.05, 0.1) is 60.1 Å². The molecule has 5 saturated heterocycles. The van der Waals surface area contributed by atoms with Crippen molar-refractivity contribution in [3.05, 3.63) is 48.6 Å². The molecule has 5 N–H and O–H groups in total. The SMILES string of the molecule is O=C([O-])C1CCN2CCCN=C2N1.O=C([O-])C1CCN2CCCN=C2N1.O=C([O-])C1CCN2CCCN=C2N1.O=C([O-])C1CCN2CCCN=C2N1.O=C([O-])C1CCN2CCCN=C2N1.[C-]1=CC=CC1.[C-]1=CC=CC1.[In+3].[Zr+4]. The largest absolute Gasteiger partial charge is 4.00 e. The number of carboxylic acid groups (broad SMARTS) is 5. The van der Waals surface area contributed by atoms with Gasteiger partial charge in [-0.3, -0.25) is 37.1 Å². The van der Waals surface area contributed by atoms with Gasteiger partial charge < -0.3 is 101 Å². The van der Waals surface area contributed by atoms with E-state index in [2.05, 4.69) is 100 Å². The van der Waals surface area contributed by atoms with E-state index in [1.54, 1.807) is 0 Å². The van der Waals surface area contributed by atoms with Crippen molar-refractivity contribution in [2.45, 2.75) is 107 Å². The van der Waals surface area contributed by atoms with E-state index in [1.807, 2.05) is 24.3 Å². The van der Waals surface area contributed by atoms with Crippen molar-refractivity contribution >= 4 is 85.5 Å². The van der Waals surface area contributed by atoms with Crippen LogP contribution in [0.1, 0.15) is 77.0 Å². The zero-order valence-electron chi connectivity index (χ0n) is 43.6. The normalized spacial score (nSPS) is 25.3. The zero-order chi connectivity index (χ0) is 53.4. The molecule has 0 bridgehead atoms. The minimum absolute atomic E-state index is 0. The summed E-state index contributed by atoms with van der Waals surface area (Å²) in [6.07, 6.45) is 28.3. The van der Waals surface area contributed by atoms with Crippen LogP contribution in [0.15, 0.2) is 61.4 Å². The number of fused-ring (bicyclic) bond motifs is 5. The maximum atomic E-state index is 10.6. The zero-order valence-corrected chi connectivity index (χ0v) is 49.3. The fourth-order valence-corrected chi connectivity index (χ4v) is 9.16. The summed E-state index contributed by atoms with van der Waals surface area (Å²) in [7, 11) is 0. The fraction of sp³-hybridized carbons (Fsp3) is 0.640. The molecule has 0 radical (unpaired) electrons. The summed E-state index contributed by atoms with van der Waals surface area (Å²) in [5.41, 5.74) is 0. The summed E-state index contributed by atoms with van der Waals surface area (Å²) >= 11 is 0. The number of nitrogens with zero attached hydrogens (tertiary/aromatic N) is 10. The second-order valence-electron chi connectivity index (χ2n) is 18.8. The molecule has 2 aliphatic carbocycles. The number of guanidine groups is 5. The van der Waals surface area contributed by atoms with E-state index in [0.717, 1.165) is 173 Å². The van der Waals surface area contributed by atoms with Crippen molar-refractivity contribution in [3.8, 4) is 0 Å². The summed E-state index contributed by atoms with van der Waals surface area (Å²) in [6, 6.07) is -2.81. The molecule has 0 aromatic heterocycles. The molecule has 12 rings (SSSR count). The van der Waals surface area contributed by atoms with Crippen LogP contribution in [0, 0.1) is 12.2 Å². The van der Waals surface area contributed by atoms with Gasteiger partial charge in [0.25, 0.3) is 0 Å². The molecule has 27 heteroatoms. The van der Waals surface area contributed by atoms with Crippen LogP contribution in [0.3, 0.4) is 0 Å². The first-order chi connectivity index (χ1) is 36.4. The monoisotopic (exact) mass is 1250 g/mol. The third kappa shape index (κ3) is 21.3. The van der Waals surface area contributed by atoms with Crippen LogP contribution < -0.4 is 52.1 Å². The van der Waals surface area contributed by atoms with E-state index < -0.39 is 60.1 Å². The molecular formula is C50H70InN15O10Zr. The summed E-state index contributed by atoms with van der Waals surface area (Å²) < 4.78 is 0. The van der Waals surface area contributed by atoms with E-state index in [0.29, 0.717) is 32.1 Å². The minimum Gasteiger partial charge on any atom is -0.548 e. The molecule has 0 aromatic carbocycles. The van der Waals surface area contributed by atoms with Crippen LogP contribution in [0.25, 0.3) is 0 Å². The van der Waals surface area contributed by atoms with Gasteiger partial charge in [0.2, 0.25) is 0 Å². The number of hydrogen-bond acceptors (Lipinski definition) is 25. The predicted octanol–water partition coefficient (Wildman–Crippen LogP) is -6.97. The third-order valence-electron chi connectivity index (χ3n) is 13.3. The molecule has 0 saturated carbocycles. The Balaban J connectivity index is 0.000000197. The number of carboxylic acids is 5. The second-order valence-corrected chi connectivity index (χ2v) is 18.8. The van der Waals surface area contributed by atoms with Crippen molar-refractivity contribution in [2.24, 2.45) is 25.0 Å². The Morgan fingerprint density at radius 1 is 0.390 bits per heavy atom. The molecule has 0 spiro atoms. The maximum Gasteiger partial charge on any atom is 4.00 e. The molecule has 412 valence electrons. The predicted molar refractivity (Wildman–Crippen MR) is 274 cm³/mol. The first kappa shape index (κ1) is 63.9. The number of rotatable bonds is 5. The number of hydrogen-bond donors (Lipinski definition) is 5.